The van der Waals surface area contributed by atoms with Crippen molar-refractivity contribution in [3.63, 3.8) is 0 Å². The summed E-state index contributed by atoms with van der Waals surface area (Å²) in [4.78, 5) is 0. The van der Waals surface area contributed by atoms with Crippen LogP contribution in [-0.2, 0) is 23.3 Å². The second-order valence-electron chi connectivity index (χ2n) is 5.69. The first-order chi connectivity index (χ1) is 10.1. The van der Waals surface area contributed by atoms with Gasteiger partial charge in [0.15, 0.2) is 0 Å². The smallest absolute Gasteiger partial charge is 0.279 e. The van der Waals surface area contributed by atoms with Gasteiger partial charge in [0.25, 0.3) is 10.2 Å². The number of hydrogen-bond acceptors (Lipinski definition) is 4. The number of piperidine rings is 1. The Balaban J connectivity index is 1.63. The van der Waals surface area contributed by atoms with E-state index in [0.717, 1.165) is 32.4 Å². The van der Waals surface area contributed by atoms with Crippen molar-refractivity contribution in [2.75, 3.05) is 19.6 Å². The van der Waals surface area contributed by atoms with Gasteiger partial charge in [-0.05, 0) is 19.3 Å². The van der Waals surface area contributed by atoms with E-state index in [0.29, 0.717) is 25.7 Å². The number of nitrogens with one attached hydrogen (secondary N) is 2. The molecular weight excluding hydrogens is 290 g/mol. The van der Waals surface area contributed by atoms with Gasteiger partial charge in [-0.3, -0.25) is 4.68 Å². The lowest BCUT2D eigenvalue weighted by Crippen LogP contribution is -2.45. The third-order valence-electron chi connectivity index (χ3n) is 4.24. The standard InChI is InChI=1S/C13H23N5O2S/c1-2-5-16-21(19,20)17-6-3-12(4-7-17)18-13-10-14-8-11(13)9-15-18/h9,12,14,16H,2-8,10H2,1H3. The van der Waals surface area contributed by atoms with Crippen molar-refractivity contribution in [2.24, 2.45) is 0 Å². The van der Waals surface area contributed by atoms with Gasteiger partial charge >= 0.3 is 0 Å². The van der Waals surface area contributed by atoms with Crippen molar-refractivity contribution in [3.05, 3.63) is 17.5 Å². The molecule has 0 unspecified atom stereocenters. The summed E-state index contributed by atoms with van der Waals surface area (Å²) in [5.41, 5.74) is 2.54. The maximum Gasteiger partial charge on any atom is 0.279 e. The Labute approximate surface area is 125 Å². The minimum absolute atomic E-state index is 0.311. The van der Waals surface area contributed by atoms with Crippen molar-refractivity contribution in [3.8, 4) is 0 Å². The molecule has 0 radical (unpaired) electrons. The van der Waals surface area contributed by atoms with Crippen LogP contribution in [0.2, 0.25) is 0 Å². The summed E-state index contributed by atoms with van der Waals surface area (Å²) in [5, 5.41) is 7.82. The van der Waals surface area contributed by atoms with E-state index in [4.69, 9.17) is 0 Å². The molecule has 0 bridgehead atoms. The molecule has 8 heteroatoms. The Morgan fingerprint density at radius 3 is 2.86 bits per heavy atom. The molecular formula is C13H23N5O2S. The van der Waals surface area contributed by atoms with Crippen molar-refractivity contribution in [1.29, 1.82) is 0 Å². The number of aromatic nitrogens is 2. The zero-order chi connectivity index (χ0) is 14.9. The first kappa shape index (κ1) is 15.0. The van der Waals surface area contributed by atoms with E-state index in [9.17, 15) is 8.42 Å². The number of fused-ring (bicyclic) bond motifs is 1. The quantitative estimate of drug-likeness (QED) is 0.823. The summed E-state index contributed by atoms with van der Waals surface area (Å²) in [5.74, 6) is 0. The number of hydrogen-bond donors (Lipinski definition) is 2. The van der Waals surface area contributed by atoms with Gasteiger partial charge in [0.1, 0.15) is 0 Å². The number of nitrogens with zero attached hydrogens (tertiary/aromatic N) is 3. The van der Waals surface area contributed by atoms with Gasteiger partial charge in [0.2, 0.25) is 0 Å². The summed E-state index contributed by atoms with van der Waals surface area (Å²) in [6, 6.07) is 0.311. The molecule has 2 aliphatic rings. The van der Waals surface area contributed by atoms with Crippen LogP contribution in [0.3, 0.4) is 0 Å². The highest BCUT2D eigenvalue weighted by Gasteiger charge is 2.30. The SMILES string of the molecule is CCCNS(=O)(=O)N1CCC(n2ncc3c2CNC3)CC1. The Morgan fingerprint density at radius 2 is 2.14 bits per heavy atom. The second kappa shape index (κ2) is 6.04. The molecule has 21 heavy (non-hydrogen) atoms. The molecule has 3 rings (SSSR count). The second-order valence-corrected chi connectivity index (χ2v) is 7.45. The van der Waals surface area contributed by atoms with E-state index in [1.54, 1.807) is 4.31 Å². The third-order valence-corrected chi connectivity index (χ3v) is 5.85. The van der Waals surface area contributed by atoms with Crippen molar-refractivity contribution >= 4 is 10.2 Å². The minimum atomic E-state index is -3.31. The fourth-order valence-electron chi connectivity index (χ4n) is 3.05. The Hall–Kier alpha value is -0.960. The van der Waals surface area contributed by atoms with E-state index in [1.807, 2.05) is 13.1 Å². The molecule has 1 aromatic heterocycles. The monoisotopic (exact) mass is 313 g/mol. The molecule has 118 valence electrons. The third kappa shape index (κ3) is 2.98. The Bertz CT molecular complexity index is 590. The van der Waals surface area contributed by atoms with E-state index in [1.165, 1.54) is 11.3 Å². The number of rotatable bonds is 5. The van der Waals surface area contributed by atoms with Gasteiger partial charge in [-0.25, -0.2) is 4.72 Å². The van der Waals surface area contributed by atoms with Crippen LogP contribution >= 0.6 is 0 Å². The van der Waals surface area contributed by atoms with Gasteiger partial charge in [-0.15, -0.1) is 0 Å². The van der Waals surface area contributed by atoms with Crippen LogP contribution in [0.5, 0.6) is 0 Å². The highest BCUT2D eigenvalue weighted by Crippen LogP contribution is 2.27. The van der Waals surface area contributed by atoms with Gasteiger partial charge in [0, 0.05) is 38.3 Å². The molecule has 7 nitrogen and oxygen atoms in total. The normalized spacial score (nSPS) is 20.8. The highest BCUT2D eigenvalue weighted by atomic mass is 32.2. The van der Waals surface area contributed by atoms with Crippen molar-refractivity contribution < 1.29 is 8.42 Å². The molecule has 0 amide bonds. The fourth-order valence-corrected chi connectivity index (χ4v) is 4.38. The van der Waals surface area contributed by atoms with Crippen LogP contribution < -0.4 is 10.0 Å². The van der Waals surface area contributed by atoms with Crippen LogP contribution in [0.15, 0.2) is 6.20 Å². The lowest BCUT2D eigenvalue weighted by Gasteiger charge is -2.31. The summed E-state index contributed by atoms with van der Waals surface area (Å²) in [6.07, 6.45) is 4.38. The molecule has 0 aromatic carbocycles. The van der Waals surface area contributed by atoms with Gasteiger partial charge < -0.3 is 5.32 Å². The van der Waals surface area contributed by atoms with Gasteiger partial charge in [-0.2, -0.15) is 17.8 Å². The predicted octanol–water partition coefficient (Wildman–Crippen LogP) is 0.368. The van der Waals surface area contributed by atoms with Crippen LogP contribution in [0.25, 0.3) is 0 Å². The zero-order valence-corrected chi connectivity index (χ0v) is 13.2. The topological polar surface area (TPSA) is 79.3 Å². The van der Waals surface area contributed by atoms with Crippen LogP contribution in [0.1, 0.15) is 43.5 Å². The van der Waals surface area contributed by atoms with Gasteiger partial charge in [-0.1, -0.05) is 6.92 Å². The zero-order valence-electron chi connectivity index (χ0n) is 12.4. The average molecular weight is 313 g/mol. The molecule has 0 aliphatic carbocycles. The van der Waals surface area contributed by atoms with Gasteiger partial charge in [0.05, 0.1) is 17.9 Å². The molecule has 0 spiro atoms. The van der Waals surface area contributed by atoms with E-state index < -0.39 is 10.2 Å². The summed E-state index contributed by atoms with van der Waals surface area (Å²) in [7, 11) is -3.31. The first-order valence-electron chi connectivity index (χ1n) is 7.62. The molecule has 2 N–H and O–H groups in total. The maximum atomic E-state index is 12.1. The van der Waals surface area contributed by atoms with Crippen LogP contribution in [0, 0.1) is 0 Å². The molecule has 1 aromatic rings. The first-order valence-corrected chi connectivity index (χ1v) is 9.06. The van der Waals surface area contributed by atoms with E-state index in [-0.39, 0.29) is 0 Å². The molecule has 3 heterocycles. The van der Waals surface area contributed by atoms with Crippen LogP contribution in [0.4, 0.5) is 0 Å². The van der Waals surface area contributed by atoms with Crippen LogP contribution in [-0.4, -0.2) is 42.1 Å². The maximum absolute atomic E-state index is 12.1. The van der Waals surface area contributed by atoms with Crippen molar-refractivity contribution in [2.45, 2.75) is 45.3 Å². The average Bonchev–Trinajstić information content (AvgIpc) is 3.08. The predicted molar refractivity (Wildman–Crippen MR) is 79.8 cm³/mol. The van der Waals surface area contributed by atoms with Crippen molar-refractivity contribution in [1.82, 2.24) is 24.1 Å². The summed E-state index contributed by atoms with van der Waals surface area (Å²) < 4.78 is 30.5. The Morgan fingerprint density at radius 1 is 1.38 bits per heavy atom. The molecule has 0 saturated carbocycles. The molecule has 2 aliphatic heterocycles. The summed E-state index contributed by atoms with van der Waals surface area (Å²) >= 11 is 0. The summed E-state index contributed by atoms with van der Waals surface area (Å²) in [6.45, 7) is 5.34. The lowest BCUT2D eigenvalue weighted by molar-refractivity contribution is 0.255. The molecule has 1 fully saturated rings. The largest absolute Gasteiger partial charge is 0.307 e. The van der Waals surface area contributed by atoms with E-state index in [2.05, 4.69) is 19.8 Å². The fraction of sp³-hybridized carbons (Fsp3) is 0.769. The lowest BCUT2D eigenvalue weighted by atomic mass is 10.1. The Kier molecular flexibility index (Phi) is 4.30. The minimum Gasteiger partial charge on any atom is -0.307 e. The molecule has 1 saturated heterocycles. The highest BCUT2D eigenvalue weighted by molar-refractivity contribution is 7.87. The van der Waals surface area contributed by atoms with E-state index >= 15 is 0 Å². The molecule has 0 atom stereocenters.